The van der Waals surface area contributed by atoms with Crippen LogP contribution in [0, 0.1) is 0 Å². The van der Waals surface area contributed by atoms with Gasteiger partial charge in [-0.05, 0) is 40.1 Å². The standard InChI is InChI=1S/C16H14N2S/c1-2-4-14(5-3-1)15-6-7-16(18-11-15)17-10-13-8-9-19-12-13/h1-9,11-12H,10H2,(H,17,18). The molecule has 0 radical (unpaired) electrons. The third-order valence-corrected chi connectivity index (χ3v) is 3.66. The van der Waals surface area contributed by atoms with Gasteiger partial charge in [0.1, 0.15) is 5.82 Å². The Balaban J connectivity index is 1.69. The number of rotatable bonds is 4. The molecule has 3 aromatic rings. The molecule has 0 saturated carbocycles. The quantitative estimate of drug-likeness (QED) is 0.756. The molecule has 19 heavy (non-hydrogen) atoms. The summed E-state index contributed by atoms with van der Waals surface area (Å²) in [7, 11) is 0. The molecular formula is C16H14N2S. The van der Waals surface area contributed by atoms with Crippen molar-refractivity contribution >= 4 is 17.2 Å². The van der Waals surface area contributed by atoms with Crippen molar-refractivity contribution in [3.05, 3.63) is 71.1 Å². The fourth-order valence-corrected chi connectivity index (χ4v) is 2.55. The minimum atomic E-state index is 0.821. The maximum Gasteiger partial charge on any atom is 0.126 e. The van der Waals surface area contributed by atoms with Crippen molar-refractivity contribution in [1.82, 2.24) is 4.98 Å². The average Bonchev–Trinajstić information content (AvgIpc) is 3.00. The third-order valence-electron chi connectivity index (χ3n) is 2.92. The Kier molecular flexibility index (Phi) is 3.56. The molecule has 3 rings (SSSR count). The lowest BCUT2D eigenvalue weighted by atomic mass is 10.1. The van der Waals surface area contributed by atoms with Crippen LogP contribution < -0.4 is 5.32 Å². The van der Waals surface area contributed by atoms with Gasteiger partial charge in [0.15, 0.2) is 0 Å². The van der Waals surface area contributed by atoms with Crippen molar-refractivity contribution in [2.45, 2.75) is 6.54 Å². The highest BCUT2D eigenvalue weighted by molar-refractivity contribution is 7.07. The van der Waals surface area contributed by atoms with Crippen LogP contribution in [0.5, 0.6) is 0 Å². The van der Waals surface area contributed by atoms with E-state index in [4.69, 9.17) is 0 Å². The van der Waals surface area contributed by atoms with Gasteiger partial charge in [0.05, 0.1) is 0 Å². The number of hydrogen-bond acceptors (Lipinski definition) is 3. The van der Waals surface area contributed by atoms with Crippen LogP contribution in [0.25, 0.3) is 11.1 Å². The Morgan fingerprint density at radius 1 is 0.947 bits per heavy atom. The molecule has 2 nitrogen and oxygen atoms in total. The van der Waals surface area contributed by atoms with E-state index < -0.39 is 0 Å². The van der Waals surface area contributed by atoms with E-state index in [2.05, 4.69) is 45.3 Å². The van der Waals surface area contributed by atoms with Gasteiger partial charge in [0.25, 0.3) is 0 Å². The smallest absolute Gasteiger partial charge is 0.126 e. The van der Waals surface area contributed by atoms with Crippen molar-refractivity contribution in [3.8, 4) is 11.1 Å². The van der Waals surface area contributed by atoms with Crippen LogP contribution in [0.15, 0.2) is 65.5 Å². The normalized spacial score (nSPS) is 10.3. The molecule has 0 spiro atoms. The first kappa shape index (κ1) is 11.9. The van der Waals surface area contributed by atoms with Crippen LogP contribution in [0.2, 0.25) is 0 Å². The van der Waals surface area contributed by atoms with Gasteiger partial charge in [-0.3, -0.25) is 0 Å². The highest BCUT2D eigenvalue weighted by Gasteiger charge is 1.99. The minimum absolute atomic E-state index is 0.821. The molecular weight excluding hydrogens is 252 g/mol. The van der Waals surface area contributed by atoms with Gasteiger partial charge in [0.2, 0.25) is 0 Å². The van der Waals surface area contributed by atoms with Gasteiger partial charge < -0.3 is 5.32 Å². The topological polar surface area (TPSA) is 24.9 Å². The average molecular weight is 266 g/mol. The van der Waals surface area contributed by atoms with Gasteiger partial charge in [-0.1, -0.05) is 30.3 Å². The number of thiophene rings is 1. The summed E-state index contributed by atoms with van der Waals surface area (Å²) in [5.41, 5.74) is 3.63. The second kappa shape index (κ2) is 5.67. The number of anilines is 1. The van der Waals surface area contributed by atoms with Crippen LogP contribution >= 0.6 is 11.3 Å². The van der Waals surface area contributed by atoms with Crippen LogP contribution in [0.3, 0.4) is 0 Å². The molecule has 2 aromatic heterocycles. The van der Waals surface area contributed by atoms with Crippen molar-refractivity contribution < 1.29 is 0 Å². The first-order chi connectivity index (χ1) is 9.42. The number of nitrogens with one attached hydrogen (secondary N) is 1. The number of aromatic nitrogens is 1. The van der Waals surface area contributed by atoms with Gasteiger partial charge in [0, 0.05) is 18.3 Å². The van der Waals surface area contributed by atoms with E-state index in [0.717, 1.165) is 17.9 Å². The van der Waals surface area contributed by atoms with Gasteiger partial charge in [-0.15, -0.1) is 0 Å². The Labute approximate surface area is 116 Å². The van der Waals surface area contributed by atoms with E-state index in [1.165, 1.54) is 11.1 Å². The maximum atomic E-state index is 4.45. The summed E-state index contributed by atoms with van der Waals surface area (Å²) in [4.78, 5) is 4.45. The predicted molar refractivity (Wildman–Crippen MR) is 81.3 cm³/mol. The first-order valence-electron chi connectivity index (χ1n) is 6.18. The molecule has 0 amide bonds. The molecule has 0 atom stereocenters. The van der Waals surface area contributed by atoms with E-state index in [9.17, 15) is 0 Å². The largest absolute Gasteiger partial charge is 0.366 e. The second-order valence-electron chi connectivity index (χ2n) is 4.28. The maximum absolute atomic E-state index is 4.45. The van der Waals surface area contributed by atoms with Gasteiger partial charge >= 0.3 is 0 Å². The predicted octanol–water partition coefficient (Wildman–Crippen LogP) is 4.42. The molecule has 0 bridgehead atoms. The lowest BCUT2D eigenvalue weighted by molar-refractivity contribution is 1.12. The molecule has 0 unspecified atom stereocenters. The molecule has 0 fully saturated rings. The molecule has 0 saturated heterocycles. The number of hydrogen-bond donors (Lipinski definition) is 1. The molecule has 0 aliphatic rings. The van der Waals surface area contributed by atoms with Crippen LogP contribution in [0.1, 0.15) is 5.56 Å². The molecule has 94 valence electrons. The van der Waals surface area contributed by atoms with E-state index in [1.807, 2.05) is 30.5 Å². The highest BCUT2D eigenvalue weighted by atomic mass is 32.1. The summed E-state index contributed by atoms with van der Waals surface area (Å²) in [6.45, 7) is 0.821. The minimum Gasteiger partial charge on any atom is -0.366 e. The summed E-state index contributed by atoms with van der Waals surface area (Å²) in [6, 6.07) is 16.5. The molecule has 0 aliphatic carbocycles. The van der Waals surface area contributed by atoms with Crippen LogP contribution in [-0.4, -0.2) is 4.98 Å². The lowest BCUT2D eigenvalue weighted by Crippen LogP contribution is -1.99. The zero-order chi connectivity index (χ0) is 12.9. The Bertz CT molecular complexity index is 616. The number of pyridine rings is 1. The second-order valence-corrected chi connectivity index (χ2v) is 5.06. The number of nitrogens with zero attached hydrogens (tertiary/aromatic N) is 1. The van der Waals surface area contributed by atoms with E-state index >= 15 is 0 Å². The number of benzene rings is 1. The van der Waals surface area contributed by atoms with Crippen LogP contribution in [0.4, 0.5) is 5.82 Å². The lowest BCUT2D eigenvalue weighted by Gasteiger charge is -2.05. The fraction of sp³-hybridized carbons (Fsp3) is 0.0625. The Morgan fingerprint density at radius 3 is 2.53 bits per heavy atom. The van der Waals surface area contributed by atoms with E-state index in [1.54, 1.807) is 11.3 Å². The fourth-order valence-electron chi connectivity index (χ4n) is 1.89. The van der Waals surface area contributed by atoms with E-state index in [-0.39, 0.29) is 0 Å². The molecule has 0 aliphatic heterocycles. The Morgan fingerprint density at radius 2 is 1.84 bits per heavy atom. The summed E-state index contributed by atoms with van der Waals surface area (Å²) in [5.74, 6) is 0.908. The summed E-state index contributed by atoms with van der Waals surface area (Å²) in [5, 5.41) is 7.55. The van der Waals surface area contributed by atoms with Crippen molar-refractivity contribution in [1.29, 1.82) is 0 Å². The summed E-state index contributed by atoms with van der Waals surface area (Å²) < 4.78 is 0. The van der Waals surface area contributed by atoms with E-state index in [0.29, 0.717) is 0 Å². The SMILES string of the molecule is c1ccc(-c2ccc(NCc3ccsc3)nc2)cc1. The van der Waals surface area contributed by atoms with Crippen LogP contribution in [-0.2, 0) is 6.54 Å². The molecule has 3 heteroatoms. The molecule has 1 N–H and O–H groups in total. The van der Waals surface area contributed by atoms with Crippen molar-refractivity contribution in [3.63, 3.8) is 0 Å². The molecule has 2 heterocycles. The summed E-state index contributed by atoms with van der Waals surface area (Å²) in [6.07, 6.45) is 1.91. The van der Waals surface area contributed by atoms with Crippen molar-refractivity contribution in [2.24, 2.45) is 0 Å². The van der Waals surface area contributed by atoms with Gasteiger partial charge in [-0.25, -0.2) is 4.98 Å². The highest BCUT2D eigenvalue weighted by Crippen LogP contribution is 2.19. The Hall–Kier alpha value is -2.13. The van der Waals surface area contributed by atoms with Crippen molar-refractivity contribution in [2.75, 3.05) is 5.32 Å². The molecule has 1 aromatic carbocycles. The first-order valence-corrected chi connectivity index (χ1v) is 7.12. The monoisotopic (exact) mass is 266 g/mol. The zero-order valence-corrected chi connectivity index (χ0v) is 11.2. The van der Waals surface area contributed by atoms with Gasteiger partial charge in [-0.2, -0.15) is 11.3 Å². The summed E-state index contributed by atoms with van der Waals surface area (Å²) >= 11 is 1.71. The zero-order valence-electron chi connectivity index (χ0n) is 10.4. The third kappa shape index (κ3) is 3.01.